The minimum Gasteiger partial charge on any atom is -0.289 e. The van der Waals surface area contributed by atoms with Crippen LogP contribution >= 0.6 is 0 Å². The third-order valence-corrected chi connectivity index (χ3v) is 3.54. The number of rotatable bonds is 4. The van der Waals surface area contributed by atoms with Crippen LogP contribution in [0.5, 0.6) is 0 Å². The van der Waals surface area contributed by atoms with Gasteiger partial charge in [-0.15, -0.1) is 0 Å². The average Bonchev–Trinajstić information content (AvgIpc) is 2.28. The monoisotopic (exact) mass is 222 g/mol. The fraction of sp³-hybridized carbons (Fsp3) is 0.769. The van der Waals surface area contributed by atoms with Crippen LogP contribution in [0.4, 0.5) is 0 Å². The van der Waals surface area contributed by atoms with E-state index in [0.29, 0.717) is 6.54 Å². The molecule has 3 nitrogen and oxygen atoms in total. The van der Waals surface area contributed by atoms with Crippen LogP contribution in [0, 0.1) is 23.2 Å². The highest BCUT2D eigenvalue weighted by Crippen LogP contribution is 2.34. The first-order valence-electron chi connectivity index (χ1n) is 6.21. The van der Waals surface area contributed by atoms with Gasteiger partial charge < -0.3 is 0 Å². The van der Waals surface area contributed by atoms with Crippen molar-refractivity contribution >= 4 is 0 Å². The van der Waals surface area contributed by atoms with Gasteiger partial charge in [0, 0.05) is 12.2 Å². The van der Waals surface area contributed by atoms with E-state index < -0.39 is 0 Å². The number of nitriles is 1. The highest BCUT2D eigenvalue weighted by molar-refractivity contribution is 5.23. The van der Waals surface area contributed by atoms with Gasteiger partial charge >= 0.3 is 0 Å². The summed E-state index contributed by atoms with van der Waals surface area (Å²) in [4.78, 5) is 0. The highest BCUT2D eigenvalue weighted by Gasteiger charge is 2.31. The summed E-state index contributed by atoms with van der Waals surface area (Å²) in [6, 6.07) is 2.39. The minimum atomic E-state index is -0.0137. The van der Waals surface area contributed by atoms with Crippen LogP contribution in [0.1, 0.15) is 46.5 Å². The van der Waals surface area contributed by atoms with Gasteiger partial charge in [0.25, 0.3) is 0 Å². The summed E-state index contributed by atoms with van der Waals surface area (Å²) in [6.45, 7) is 6.80. The zero-order chi connectivity index (χ0) is 12.1. The summed E-state index contributed by atoms with van der Waals surface area (Å²) in [6.07, 6.45) is 4.00. The molecule has 1 aliphatic rings. The molecular formula is C13H22N2O. The van der Waals surface area contributed by atoms with Gasteiger partial charge in [-0.3, -0.25) is 10.3 Å². The Morgan fingerprint density at radius 1 is 1.50 bits per heavy atom. The van der Waals surface area contributed by atoms with Crippen LogP contribution < -0.4 is 0 Å². The lowest BCUT2D eigenvalue weighted by Gasteiger charge is -2.35. The summed E-state index contributed by atoms with van der Waals surface area (Å²) >= 11 is 0. The van der Waals surface area contributed by atoms with Gasteiger partial charge in [-0.05, 0) is 37.7 Å². The Balaban J connectivity index is 2.90. The Morgan fingerprint density at radius 3 is 2.69 bits per heavy atom. The molecule has 0 saturated heterocycles. The largest absolute Gasteiger partial charge is 0.289 e. The number of allylic oxidation sites excluding steroid dienone is 2. The van der Waals surface area contributed by atoms with Crippen molar-refractivity contribution in [3.05, 3.63) is 11.3 Å². The molecule has 90 valence electrons. The second-order valence-corrected chi connectivity index (χ2v) is 4.59. The molecule has 1 aliphatic heterocycles. The number of nitrogens with zero attached hydrogens (tertiary/aromatic N) is 2. The van der Waals surface area contributed by atoms with E-state index in [9.17, 15) is 10.5 Å². The second-order valence-electron chi connectivity index (χ2n) is 4.59. The van der Waals surface area contributed by atoms with Gasteiger partial charge in [0.15, 0.2) is 0 Å². The second kappa shape index (κ2) is 5.91. The quantitative estimate of drug-likeness (QED) is 0.793. The van der Waals surface area contributed by atoms with Gasteiger partial charge in [-0.1, -0.05) is 20.3 Å². The molecule has 1 N–H and O–H groups in total. The number of hydrogen-bond acceptors (Lipinski definition) is 3. The summed E-state index contributed by atoms with van der Waals surface area (Å²) in [5.74, 6) is 0.251. The van der Waals surface area contributed by atoms with Crippen molar-refractivity contribution in [2.45, 2.75) is 46.5 Å². The maximum absolute atomic E-state index is 9.95. The lowest BCUT2D eigenvalue weighted by molar-refractivity contribution is -0.0828. The third kappa shape index (κ3) is 2.56. The lowest BCUT2D eigenvalue weighted by Crippen LogP contribution is -2.36. The van der Waals surface area contributed by atoms with Gasteiger partial charge in [0.2, 0.25) is 0 Å². The van der Waals surface area contributed by atoms with Crippen LogP contribution in [-0.2, 0) is 0 Å². The van der Waals surface area contributed by atoms with E-state index in [4.69, 9.17) is 0 Å². The van der Waals surface area contributed by atoms with Gasteiger partial charge in [-0.2, -0.15) is 5.26 Å². The lowest BCUT2D eigenvalue weighted by atomic mass is 9.81. The maximum Gasteiger partial charge on any atom is 0.0736 e. The van der Waals surface area contributed by atoms with Crippen LogP contribution in [-0.4, -0.2) is 16.8 Å². The summed E-state index contributed by atoms with van der Waals surface area (Å²) in [5, 5.41) is 20.5. The van der Waals surface area contributed by atoms with E-state index >= 15 is 0 Å². The first-order valence-corrected chi connectivity index (χ1v) is 6.21. The molecule has 1 rings (SSSR count). The Labute approximate surface area is 98.3 Å². The van der Waals surface area contributed by atoms with Crippen molar-refractivity contribution in [2.24, 2.45) is 11.8 Å². The molecule has 0 saturated carbocycles. The van der Waals surface area contributed by atoms with Gasteiger partial charge in [-0.25, -0.2) is 0 Å². The minimum absolute atomic E-state index is 0.0137. The molecule has 0 aliphatic carbocycles. The van der Waals surface area contributed by atoms with Crippen molar-refractivity contribution in [1.82, 2.24) is 5.06 Å². The standard InChI is InChI=1S/C13H22N2O/c1-4-6-7-13-10(3)12(8-14)11(5-2)9-15(13)16/h11-12,16H,4-7,9H2,1-3H3. The maximum atomic E-state index is 9.95. The van der Waals surface area contributed by atoms with E-state index in [1.165, 1.54) is 5.06 Å². The van der Waals surface area contributed by atoms with E-state index in [2.05, 4.69) is 19.9 Å². The van der Waals surface area contributed by atoms with E-state index in [0.717, 1.165) is 37.0 Å². The fourth-order valence-corrected chi connectivity index (χ4v) is 2.41. The number of hydroxylamine groups is 2. The van der Waals surface area contributed by atoms with E-state index in [1.807, 2.05) is 6.92 Å². The number of hydrogen-bond donors (Lipinski definition) is 1. The summed E-state index contributed by atoms with van der Waals surface area (Å²) < 4.78 is 0. The molecule has 3 heteroatoms. The van der Waals surface area contributed by atoms with Crippen molar-refractivity contribution in [1.29, 1.82) is 5.26 Å². The zero-order valence-electron chi connectivity index (χ0n) is 10.5. The molecule has 0 bridgehead atoms. The van der Waals surface area contributed by atoms with Crippen LogP contribution in [0.15, 0.2) is 11.3 Å². The van der Waals surface area contributed by atoms with Crippen LogP contribution in [0.2, 0.25) is 0 Å². The molecule has 2 unspecified atom stereocenters. The van der Waals surface area contributed by atoms with Gasteiger partial charge in [0.05, 0.1) is 12.0 Å². The molecule has 0 spiro atoms. The zero-order valence-corrected chi connectivity index (χ0v) is 10.5. The van der Waals surface area contributed by atoms with Gasteiger partial charge in [0.1, 0.15) is 0 Å². The molecule has 0 aromatic heterocycles. The molecule has 1 heterocycles. The SMILES string of the molecule is CCCCC1=C(C)C(C#N)C(CC)CN1O. The van der Waals surface area contributed by atoms with Crippen molar-refractivity contribution < 1.29 is 5.21 Å². The normalized spacial score (nSPS) is 25.8. The molecule has 0 amide bonds. The Morgan fingerprint density at radius 2 is 2.19 bits per heavy atom. The van der Waals surface area contributed by atoms with E-state index in [1.54, 1.807) is 0 Å². The Bertz CT molecular complexity index is 304. The predicted molar refractivity (Wildman–Crippen MR) is 63.6 cm³/mol. The summed E-state index contributed by atoms with van der Waals surface area (Å²) in [7, 11) is 0. The Kier molecular flexibility index (Phi) is 4.82. The first-order chi connectivity index (χ1) is 7.65. The molecule has 0 aromatic rings. The Hall–Kier alpha value is -1.01. The van der Waals surface area contributed by atoms with Crippen molar-refractivity contribution in [3.8, 4) is 6.07 Å². The van der Waals surface area contributed by atoms with Crippen molar-refractivity contribution in [3.63, 3.8) is 0 Å². The smallest absolute Gasteiger partial charge is 0.0736 e. The molecule has 0 aromatic carbocycles. The third-order valence-electron chi connectivity index (χ3n) is 3.54. The first kappa shape index (κ1) is 13.1. The summed E-state index contributed by atoms with van der Waals surface area (Å²) in [5.41, 5.74) is 2.04. The predicted octanol–water partition coefficient (Wildman–Crippen LogP) is 3.32. The van der Waals surface area contributed by atoms with E-state index in [-0.39, 0.29) is 11.8 Å². The van der Waals surface area contributed by atoms with Crippen molar-refractivity contribution in [2.75, 3.05) is 6.54 Å². The highest BCUT2D eigenvalue weighted by atomic mass is 16.5. The molecular weight excluding hydrogens is 200 g/mol. The molecule has 16 heavy (non-hydrogen) atoms. The average molecular weight is 222 g/mol. The topological polar surface area (TPSA) is 47.3 Å². The van der Waals surface area contributed by atoms with Crippen LogP contribution in [0.25, 0.3) is 0 Å². The fourth-order valence-electron chi connectivity index (χ4n) is 2.41. The number of unbranched alkanes of at least 4 members (excludes halogenated alkanes) is 1. The molecule has 2 atom stereocenters. The van der Waals surface area contributed by atoms with Crippen LogP contribution in [0.3, 0.4) is 0 Å². The molecule has 0 radical (unpaired) electrons. The molecule has 0 fully saturated rings.